The van der Waals surface area contributed by atoms with E-state index in [-0.39, 0.29) is 48.1 Å². The van der Waals surface area contributed by atoms with Crippen LogP contribution in [-0.4, -0.2) is 160 Å². The molecule has 2 saturated carbocycles. The molecular formula is C54H78N12O6. The van der Waals surface area contributed by atoms with Gasteiger partial charge in [0.05, 0.1) is 30.1 Å². The van der Waals surface area contributed by atoms with E-state index in [1.54, 1.807) is 24.7 Å². The highest BCUT2D eigenvalue weighted by Crippen LogP contribution is 2.36. The molecule has 4 saturated heterocycles. The van der Waals surface area contributed by atoms with Gasteiger partial charge >= 0.3 is 5.97 Å². The average molecular weight is 991 g/mol. The monoisotopic (exact) mass is 991 g/mol. The number of esters is 1. The number of hydrogen-bond acceptors (Lipinski definition) is 14. The summed E-state index contributed by atoms with van der Waals surface area (Å²) in [5.41, 5.74) is 3.82. The maximum Gasteiger partial charge on any atom is 0.343 e. The van der Waals surface area contributed by atoms with Gasteiger partial charge < -0.3 is 30.1 Å². The van der Waals surface area contributed by atoms with E-state index in [0.717, 1.165) is 153 Å². The number of piperazine rings is 2. The number of imide groups is 1. The molecule has 4 aliphatic heterocycles. The fraction of sp³-hybridized carbons (Fsp3) is 0.667. The number of carbonyl (C=O) groups is 5. The van der Waals surface area contributed by atoms with Gasteiger partial charge in [0.2, 0.25) is 29.6 Å². The van der Waals surface area contributed by atoms with E-state index in [4.69, 9.17) is 9.72 Å². The second-order valence-corrected chi connectivity index (χ2v) is 21.3. The molecule has 2 aromatic heterocycles. The van der Waals surface area contributed by atoms with Crippen LogP contribution < -0.4 is 20.9 Å². The first-order valence-electron chi connectivity index (χ1n) is 27.3. The van der Waals surface area contributed by atoms with Gasteiger partial charge in [-0.2, -0.15) is 10.1 Å². The Hall–Kier alpha value is -5.62. The number of aryl methyl sites for hydroxylation is 2. The van der Waals surface area contributed by atoms with E-state index < -0.39 is 5.97 Å². The summed E-state index contributed by atoms with van der Waals surface area (Å²) >= 11 is 0. The van der Waals surface area contributed by atoms with Crippen molar-refractivity contribution < 1.29 is 28.7 Å². The van der Waals surface area contributed by atoms with E-state index in [0.29, 0.717) is 53.7 Å². The van der Waals surface area contributed by atoms with E-state index in [1.165, 1.54) is 19.3 Å². The molecule has 390 valence electrons. The maximum absolute atomic E-state index is 13.8. The molecule has 3 N–H and O–H groups in total. The summed E-state index contributed by atoms with van der Waals surface area (Å²) in [6.07, 6.45) is 17.5. The molecule has 6 fully saturated rings. The van der Waals surface area contributed by atoms with Gasteiger partial charge in [-0.25, -0.2) is 9.78 Å². The van der Waals surface area contributed by atoms with Crippen LogP contribution in [0.25, 0.3) is 0 Å². The molecule has 6 heterocycles. The first-order valence-corrected chi connectivity index (χ1v) is 27.3. The minimum atomic E-state index is -0.434. The highest BCUT2D eigenvalue weighted by Gasteiger charge is 2.38. The Morgan fingerprint density at radius 3 is 2.11 bits per heavy atom. The maximum atomic E-state index is 13.8. The zero-order chi connectivity index (χ0) is 50.1. The molecule has 3 aromatic rings. The van der Waals surface area contributed by atoms with Crippen LogP contribution in [0.5, 0.6) is 0 Å². The molecular weight excluding hydrogens is 913 g/mol. The van der Waals surface area contributed by atoms with Crippen molar-refractivity contribution >= 4 is 52.7 Å². The number of likely N-dealkylation sites (tertiary alicyclic amines) is 1. The molecule has 72 heavy (non-hydrogen) atoms. The van der Waals surface area contributed by atoms with Gasteiger partial charge in [0.1, 0.15) is 11.4 Å². The van der Waals surface area contributed by atoms with Gasteiger partial charge in [0.15, 0.2) is 0 Å². The van der Waals surface area contributed by atoms with Crippen LogP contribution in [-0.2, 0) is 31.0 Å². The second kappa shape index (κ2) is 23.9. The van der Waals surface area contributed by atoms with Crippen molar-refractivity contribution in [3.63, 3.8) is 0 Å². The predicted molar refractivity (Wildman–Crippen MR) is 276 cm³/mol. The molecule has 0 spiro atoms. The normalized spacial score (nSPS) is 25.0. The van der Waals surface area contributed by atoms with Gasteiger partial charge in [-0.1, -0.05) is 31.0 Å². The first-order chi connectivity index (χ1) is 35.0. The number of nitrogens with zero attached hydrogens (tertiary/aromatic N) is 9. The van der Waals surface area contributed by atoms with Crippen molar-refractivity contribution in [2.75, 3.05) is 94.1 Å². The topological polar surface area (TPSA) is 190 Å². The molecule has 1 unspecified atom stereocenters. The SMILES string of the molecule is CCOC(=O)c1c(C)nc(Nc2cnn(C)c2)nc1NC1CCC(N2CCN(C(=O)C3CCC(C(=O)N4CCC(CCCCN5CCN(c6ccccc6C6CCC(=O)NC6=O)CC5)CC4)CC3)CC2)CC1. The Bertz CT molecular complexity index is 2350. The Kier molecular flexibility index (Phi) is 17.1. The van der Waals surface area contributed by atoms with Crippen LogP contribution in [0.3, 0.4) is 0 Å². The van der Waals surface area contributed by atoms with E-state index in [9.17, 15) is 24.0 Å². The van der Waals surface area contributed by atoms with Crippen LogP contribution in [0.15, 0.2) is 36.7 Å². The van der Waals surface area contributed by atoms with Crippen LogP contribution in [0.1, 0.15) is 131 Å². The van der Waals surface area contributed by atoms with Gasteiger partial charge in [-0.15, -0.1) is 0 Å². The third-order valence-corrected chi connectivity index (χ3v) is 16.7. The molecule has 18 nitrogen and oxygen atoms in total. The van der Waals surface area contributed by atoms with Crippen molar-refractivity contribution in [1.29, 1.82) is 0 Å². The summed E-state index contributed by atoms with van der Waals surface area (Å²) in [7, 11) is 1.84. The number of para-hydroxylation sites is 1. The van der Waals surface area contributed by atoms with Crippen LogP contribution in [0.2, 0.25) is 0 Å². The van der Waals surface area contributed by atoms with Crippen molar-refractivity contribution in [2.45, 2.75) is 128 Å². The molecule has 0 radical (unpaired) electrons. The number of carbonyl (C=O) groups excluding carboxylic acids is 5. The lowest BCUT2D eigenvalue weighted by atomic mass is 9.80. The number of ether oxygens (including phenoxy) is 1. The standard InChI is InChI=1S/C54H78N12O6/c1-4-72-53(71)48-37(2)56-54(58-42-35-55-61(3)36-42)60-49(48)57-41-16-18-43(19-17-41)63-31-33-66(34-32-63)52(70)40-14-12-39(13-15-40)51(69)65-25-22-38(23-26-65)9-7-8-24-62-27-29-64(30-28-62)46-11-6-5-10-44(46)45-20-21-47(67)59-50(45)68/h5-6,10-11,35-36,38-41,43,45H,4,7-9,12-34H2,1-3H3,(H,59,67,68)(H2,56,57,58,60). The average Bonchev–Trinajstić information content (AvgIpc) is 3.81. The molecule has 1 atom stereocenters. The first kappa shape index (κ1) is 51.3. The van der Waals surface area contributed by atoms with E-state index in [2.05, 4.69) is 56.6 Å². The predicted octanol–water partition coefficient (Wildman–Crippen LogP) is 5.86. The largest absolute Gasteiger partial charge is 0.462 e. The zero-order valence-corrected chi connectivity index (χ0v) is 43.0. The van der Waals surface area contributed by atoms with Crippen LogP contribution in [0.4, 0.5) is 23.1 Å². The molecule has 2 aliphatic carbocycles. The Morgan fingerprint density at radius 1 is 0.778 bits per heavy atom. The highest BCUT2D eigenvalue weighted by molar-refractivity contribution is 6.01. The smallest absolute Gasteiger partial charge is 0.343 e. The Morgan fingerprint density at radius 2 is 1.46 bits per heavy atom. The van der Waals surface area contributed by atoms with E-state index >= 15 is 0 Å². The molecule has 4 amide bonds. The number of nitrogens with one attached hydrogen (secondary N) is 3. The van der Waals surface area contributed by atoms with Crippen molar-refractivity contribution in [2.24, 2.45) is 24.8 Å². The number of benzene rings is 1. The third kappa shape index (κ3) is 12.6. The van der Waals surface area contributed by atoms with Gasteiger partial charge in [0, 0.05) is 115 Å². The summed E-state index contributed by atoms with van der Waals surface area (Å²) < 4.78 is 7.09. The molecule has 6 aliphatic rings. The van der Waals surface area contributed by atoms with Crippen molar-refractivity contribution in [1.82, 2.24) is 44.7 Å². The van der Waals surface area contributed by atoms with Crippen LogP contribution in [0, 0.1) is 24.7 Å². The number of hydrogen-bond donors (Lipinski definition) is 3. The van der Waals surface area contributed by atoms with Crippen molar-refractivity contribution in [3.05, 3.63) is 53.5 Å². The number of amides is 4. The number of unbranched alkanes of at least 4 members (excludes halogenated alkanes) is 1. The van der Waals surface area contributed by atoms with Gasteiger partial charge in [-0.3, -0.25) is 39.0 Å². The lowest BCUT2D eigenvalue weighted by Gasteiger charge is -2.43. The Labute approximate surface area is 425 Å². The number of piperidine rings is 2. The molecule has 0 bridgehead atoms. The lowest BCUT2D eigenvalue weighted by molar-refractivity contribution is -0.143. The quantitative estimate of drug-likeness (QED) is 0.0879. The number of rotatable bonds is 16. The third-order valence-electron chi connectivity index (χ3n) is 16.7. The molecule has 9 rings (SSSR count). The van der Waals surface area contributed by atoms with E-state index in [1.807, 2.05) is 31.4 Å². The molecule has 1 aromatic carbocycles. The summed E-state index contributed by atoms with van der Waals surface area (Å²) in [4.78, 5) is 86.0. The number of aromatic nitrogens is 4. The van der Waals surface area contributed by atoms with Gasteiger partial charge in [0.25, 0.3) is 0 Å². The second-order valence-electron chi connectivity index (χ2n) is 21.3. The minimum absolute atomic E-state index is 0.0171. The highest BCUT2D eigenvalue weighted by atomic mass is 16.5. The lowest BCUT2D eigenvalue weighted by Crippen LogP contribution is -2.54. The van der Waals surface area contributed by atoms with Gasteiger partial charge in [-0.05, 0) is 115 Å². The fourth-order valence-corrected chi connectivity index (χ4v) is 12.5. The minimum Gasteiger partial charge on any atom is -0.462 e. The summed E-state index contributed by atoms with van der Waals surface area (Å²) in [5.74, 6) is 1.14. The van der Waals surface area contributed by atoms with Crippen LogP contribution >= 0.6 is 0 Å². The number of anilines is 4. The summed E-state index contributed by atoms with van der Waals surface area (Å²) in [6.45, 7) is 13.8. The summed E-state index contributed by atoms with van der Waals surface area (Å²) in [5, 5.41) is 13.5. The fourth-order valence-electron chi connectivity index (χ4n) is 12.5. The summed E-state index contributed by atoms with van der Waals surface area (Å²) in [6, 6.07) is 8.80. The molecule has 18 heteroatoms. The zero-order valence-electron chi connectivity index (χ0n) is 43.0. The van der Waals surface area contributed by atoms with Crippen molar-refractivity contribution in [3.8, 4) is 0 Å². The Balaban J connectivity index is 0.637.